The Hall–Kier alpha value is -4.79. The van der Waals surface area contributed by atoms with Gasteiger partial charge in [-0.1, -0.05) is 78.2 Å². The third kappa shape index (κ3) is 6.15. The summed E-state index contributed by atoms with van der Waals surface area (Å²) in [6.07, 6.45) is 1.79. The number of hydrogen-bond acceptors (Lipinski definition) is 7. The highest BCUT2D eigenvalue weighted by atomic mass is 35.5. The molecule has 0 radical (unpaired) electrons. The van der Waals surface area contributed by atoms with Gasteiger partial charge >= 0.3 is 11.9 Å². The van der Waals surface area contributed by atoms with E-state index >= 15 is 0 Å². The summed E-state index contributed by atoms with van der Waals surface area (Å²) in [4.78, 5) is 66.2. The molecule has 10 heteroatoms. The lowest BCUT2D eigenvalue weighted by molar-refractivity contribution is -0.143. The SMILES string of the molecule is O=C(CCCCCN1C(=O)[C@@H]2C3c4ccccc4C(c4ccccc43)[C@@H]2C1=O)OCC(=O)c1ccc(OC(=O)c2ccc(Cl)c(Cl)c2)cc1. The maximum absolute atomic E-state index is 13.7. The van der Waals surface area contributed by atoms with Gasteiger partial charge in [0.1, 0.15) is 5.75 Å². The molecule has 248 valence electrons. The van der Waals surface area contributed by atoms with Crippen LogP contribution in [0.4, 0.5) is 0 Å². The number of imide groups is 1. The molecule has 0 N–H and O–H groups in total. The highest BCUT2D eigenvalue weighted by Crippen LogP contribution is 2.60. The minimum Gasteiger partial charge on any atom is -0.457 e. The fraction of sp³-hybridized carbons (Fsp3) is 0.256. The molecule has 4 aromatic rings. The summed E-state index contributed by atoms with van der Waals surface area (Å²) < 4.78 is 10.5. The molecular formula is C39H31Cl2NO7. The molecule has 4 aromatic carbocycles. The van der Waals surface area contributed by atoms with Gasteiger partial charge in [-0.25, -0.2) is 4.79 Å². The standard InChI is InChI=1S/C39H31Cl2NO7/c40-29-18-15-23(20-30(29)41)39(47)49-24-16-13-22(14-17-24)31(43)21-48-32(44)12-2-1-7-19-42-37(45)35-33-25-8-3-4-9-26(25)34(36(35)38(42)46)28-11-6-5-10-27(28)33/h3-6,8-11,13-18,20,33-36H,1-2,7,12,19,21H2/t33?,34?,35-,36+. The van der Waals surface area contributed by atoms with Crippen molar-refractivity contribution in [3.05, 3.63) is 134 Å². The van der Waals surface area contributed by atoms with Crippen LogP contribution in [0.15, 0.2) is 91.0 Å². The van der Waals surface area contributed by atoms with E-state index in [4.69, 9.17) is 32.7 Å². The minimum absolute atomic E-state index is 0.107. The molecule has 1 saturated heterocycles. The van der Waals surface area contributed by atoms with Gasteiger partial charge in [0.15, 0.2) is 12.4 Å². The monoisotopic (exact) mass is 695 g/mol. The van der Waals surface area contributed by atoms with Gasteiger partial charge in [-0.2, -0.15) is 0 Å². The van der Waals surface area contributed by atoms with Crippen molar-refractivity contribution < 1.29 is 33.4 Å². The molecule has 3 aliphatic carbocycles. The van der Waals surface area contributed by atoms with Gasteiger partial charge in [0.05, 0.1) is 27.4 Å². The lowest BCUT2D eigenvalue weighted by Crippen LogP contribution is -2.41. The number of esters is 2. The average molecular weight is 697 g/mol. The molecule has 1 aliphatic heterocycles. The number of hydrogen-bond donors (Lipinski definition) is 0. The average Bonchev–Trinajstić information content (AvgIpc) is 3.37. The van der Waals surface area contributed by atoms with E-state index in [2.05, 4.69) is 24.3 Å². The molecule has 2 atom stereocenters. The lowest BCUT2D eigenvalue weighted by Gasteiger charge is -2.45. The molecule has 0 unspecified atom stereocenters. The fourth-order valence-corrected chi connectivity index (χ4v) is 7.77. The van der Waals surface area contributed by atoms with Crippen molar-refractivity contribution in [3.63, 3.8) is 0 Å². The highest BCUT2D eigenvalue weighted by Gasteiger charge is 2.61. The number of nitrogens with zero attached hydrogens (tertiary/aromatic N) is 1. The molecule has 0 aromatic heterocycles. The number of benzene rings is 4. The Morgan fingerprint density at radius 1 is 0.653 bits per heavy atom. The predicted octanol–water partition coefficient (Wildman–Crippen LogP) is 7.39. The van der Waals surface area contributed by atoms with Crippen LogP contribution in [0.25, 0.3) is 0 Å². The Kier molecular flexibility index (Phi) is 9.09. The summed E-state index contributed by atoms with van der Waals surface area (Å²) in [6.45, 7) is -0.114. The second kappa shape index (κ2) is 13.6. The largest absolute Gasteiger partial charge is 0.457 e. The maximum atomic E-state index is 13.7. The number of carbonyl (C=O) groups excluding carboxylic acids is 5. The second-order valence-electron chi connectivity index (χ2n) is 12.5. The molecule has 0 saturated carbocycles. The third-order valence-electron chi connectivity index (χ3n) is 9.71. The van der Waals surface area contributed by atoms with Crippen LogP contribution in [0.1, 0.15) is 80.5 Å². The number of halogens is 2. The Bertz CT molecular complexity index is 1880. The Morgan fingerprint density at radius 3 is 1.76 bits per heavy atom. The zero-order valence-corrected chi connectivity index (χ0v) is 27.8. The smallest absolute Gasteiger partial charge is 0.343 e. The first-order chi connectivity index (χ1) is 23.7. The van der Waals surface area contributed by atoms with Crippen molar-refractivity contribution in [1.29, 1.82) is 0 Å². The van der Waals surface area contributed by atoms with Crippen LogP contribution >= 0.6 is 23.2 Å². The van der Waals surface area contributed by atoms with Crippen LogP contribution in [0, 0.1) is 11.8 Å². The van der Waals surface area contributed by atoms with E-state index in [1.807, 2.05) is 24.3 Å². The Balaban J connectivity index is 0.858. The van der Waals surface area contributed by atoms with Gasteiger partial charge in [0.2, 0.25) is 11.8 Å². The Morgan fingerprint density at radius 2 is 1.20 bits per heavy atom. The summed E-state index contributed by atoms with van der Waals surface area (Å²) in [5.74, 6) is -2.57. The van der Waals surface area contributed by atoms with Crippen LogP contribution in [0.5, 0.6) is 5.75 Å². The number of unbranched alkanes of at least 4 members (excludes halogenated alkanes) is 2. The number of likely N-dealkylation sites (tertiary alicyclic amines) is 1. The molecule has 49 heavy (non-hydrogen) atoms. The predicted molar refractivity (Wildman–Crippen MR) is 182 cm³/mol. The first-order valence-electron chi connectivity index (χ1n) is 16.2. The second-order valence-corrected chi connectivity index (χ2v) is 13.3. The first-order valence-corrected chi connectivity index (χ1v) is 17.0. The fourth-order valence-electron chi connectivity index (χ4n) is 7.47. The van der Waals surface area contributed by atoms with Crippen molar-refractivity contribution in [3.8, 4) is 5.75 Å². The molecule has 1 heterocycles. The molecule has 2 bridgehead atoms. The van der Waals surface area contributed by atoms with E-state index in [1.54, 1.807) is 0 Å². The van der Waals surface area contributed by atoms with Gasteiger partial charge in [0, 0.05) is 30.4 Å². The van der Waals surface area contributed by atoms with E-state index in [9.17, 15) is 24.0 Å². The molecule has 2 amide bonds. The van der Waals surface area contributed by atoms with Crippen molar-refractivity contribution in [2.24, 2.45) is 11.8 Å². The molecule has 8 nitrogen and oxygen atoms in total. The summed E-state index contributed by atoms with van der Waals surface area (Å²) in [5.41, 5.74) is 5.10. The van der Waals surface area contributed by atoms with E-state index < -0.39 is 36.2 Å². The van der Waals surface area contributed by atoms with Crippen LogP contribution in [-0.4, -0.2) is 47.6 Å². The quantitative estimate of drug-likeness (QED) is 0.0529. The van der Waals surface area contributed by atoms with Crippen LogP contribution in [-0.2, 0) is 19.1 Å². The van der Waals surface area contributed by atoms with Crippen molar-refractivity contribution in [2.75, 3.05) is 13.2 Å². The summed E-state index contributed by atoms with van der Waals surface area (Å²) >= 11 is 11.8. The van der Waals surface area contributed by atoms with Gasteiger partial charge in [-0.3, -0.25) is 24.1 Å². The van der Waals surface area contributed by atoms with Crippen LogP contribution in [0.3, 0.4) is 0 Å². The van der Waals surface area contributed by atoms with E-state index in [0.717, 1.165) is 22.3 Å². The number of amides is 2. The van der Waals surface area contributed by atoms with Crippen LogP contribution in [0.2, 0.25) is 10.0 Å². The molecule has 4 aliphatic rings. The van der Waals surface area contributed by atoms with E-state index in [1.165, 1.54) is 47.4 Å². The third-order valence-corrected chi connectivity index (χ3v) is 10.4. The van der Waals surface area contributed by atoms with Gasteiger partial charge in [-0.15, -0.1) is 0 Å². The van der Waals surface area contributed by atoms with Crippen LogP contribution < -0.4 is 4.74 Å². The summed E-state index contributed by atoms with van der Waals surface area (Å²) in [5, 5.41) is 0.543. The zero-order valence-electron chi connectivity index (χ0n) is 26.3. The van der Waals surface area contributed by atoms with Gasteiger partial charge in [0.25, 0.3) is 0 Å². The number of carbonyl (C=O) groups is 5. The minimum atomic E-state index is -0.632. The van der Waals surface area contributed by atoms with E-state index in [0.29, 0.717) is 36.4 Å². The number of ether oxygens (including phenoxy) is 2. The summed E-state index contributed by atoms with van der Waals surface area (Å²) in [6, 6.07) is 26.6. The molecular weight excluding hydrogens is 665 g/mol. The van der Waals surface area contributed by atoms with Crippen molar-refractivity contribution in [1.82, 2.24) is 4.90 Å². The summed E-state index contributed by atoms with van der Waals surface area (Å²) in [7, 11) is 0. The number of Topliss-reactive ketones (excluding diaryl/α,β-unsaturated/α-hetero) is 1. The number of ketones is 1. The number of rotatable bonds is 11. The first kappa shape index (κ1) is 32.7. The molecule has 1 fully saturated rings. The van der Waals surface area contributed by atoms with Gasteiger partial charge < -0.3 is 9.47 Å². The lowest BCUT2D eigenvalue weighted by atomic mass is 9.55. The van der Waals surface area contributed by atoms with Gasteiger partial charge in [-0.05, 0) is 77.6 Å². The zero-order chi connectivity index (χ0) is 34.2. The molecule has 0 spiro atoms. The maximum Gasteiger partial charge on any atom is 0.343 e. The van der Waals surface area contributed by atoms with Crippen molar-refractivity contribution >= 4 is 52.7 Å². The Labute approximate surface area is 292 Å². The molecule has 8 rings (SSSR count). The highest BCUT2D eigenvalue weighted by molar-refractivity contribution is 6.42. The normalized spacial score (nSPS) is 20.0. The topological polar surface area (TPSA) is 107 Å². The van der Waals surface area contributed by atoms with E-state index in [-0.39, 0.29) is 46.4 Å². The van der Waals surface area contributed by atoms with Crippen molar-refractivity contribution in [2.45, 2.75) is 37.5 Å².